The smallest absolute Gasteiger partial charge is 0.231 e. The molecule has 0 bridgehead atoms. The van der Waals surface area contributed by atoms with E-state index in [1.54, 1.807) is 0 Å². The van der Waals surface area contributed by atoms with E-state index >= 15 is 0 Å². The Bertz CT molecular complexity index is 952. The van der Waals surface area contributed by atoms with Crippen LogP contribution in [0.15, 0.2) is 60.9 Å². The lowest BCUT2D eigenvalue weighted by molar-refractivity contribution is -0.120. The minimum Gasteiger partial charge on any atom is -0.274 e. The molecule has 28 heavy (non-hydrogen) atoms. The van der Waals surface area contributed by atoms with Crippen LogP contribution >= 0.6 is 11.6 Å². The Morgan fingerprint density at radius 3 is 2.43 bits per heavy atom. The number of rotatable bonds is 4. The normalized spacial score (nSPS) is 18.9. The summed E-state index contributed by atoms with van der Waals surface area (Å²) in [5.41, 5.74) is 2.21. The number of carbonyl (C=O) groups excluding carboxylic acids is 1. The average molecular weight is 395 g/mol. The van der Waals surface area contributed by atoms with Crippen molar-refractivity contribution in [2.24, 2.45) is 5.92 Å². The summed E-state index contributed by atoms with van der Waals surface area (Å²) in [5, 5.41) is 5.16. The first-order valence-electron chi connectivity index (χ1n) is 9.56. The summed E-state index contributed by atoms with van der Waals surface area (Å²) in [4.78, 5) is 19.5. The maximum atomic E-state index is 13.2. The summed E-state index contributed by atoms with van der Waals surface area (Å²) in [5.74, 6) is 0.952. The van der Waals surface area contributed by atoms with Gasteiger partial charge in [0.1, 0.15) is 6.33 Å². The predicted molar refractivity (Wildman–Crippen MR) is 110 cm³/mol. The minimum atomic E-state index is -0.0928. The molecule has 0 radical (unpaired) electrons. The first kappa shape index (κ1) is 18.7. The Balaban J connectivity index is 1.81. The maximum Gasteiger partial charge on any atom is 0.231 e. The van der Waals surface area contributed by atoms with Crippen molar-refractivity contribution in [2.75, 3.05) is 4.90 Å². The molecule has 5 nitrogen and oxygen atoms in total. The van der Waals surface area contributed by atoms with E-state index in [2.05, 4.69) is 36.1 Å². The van der Waals surface area contributed by atoms with Gasteiger partial charge < -0.3 is 0 Å². The van der Waals surface area contributed by atoms with Crippen molar-refractivity contribution in [3.63, 3.8) is 0 Å². The number of amides is 1. The van der Waals surface area contributed by atoms with Gasteiger partial charge in [-0.05, 0) is 35.6 Å². The molecule has 4 rings (SSSR count). The van der Waals surface area contributed by atoms with Crippen LogP contribution in [0.4, 0.5) is 5.95 Å². The van der Waals surface area contributed by atoms with Crippen molar-refractivity contribution in [2.45, 2.75) is 38.8 Å². The van der Waals surface area contributed by atoms with Gasteiger partial charge in [-0.2, -0.15) is 10.1 Å². The average Bonchev–Trinajstić information content (AvgIpc) is 3.17. The highest BCUT2D eigenvalue weighted by molar-refractivity contribution is 6.30. The van der Waals surface area contributed by atoms with Gasteiger partial charge in [0.2, 0.25) is 11.9 Å². The third kappa shape index (κ3) is 3.54. The van der Waals surface area contributed by atoms with Gasteiger partial charge in [0, 0.05) is 11.4 Å². The number of halogens is 1. The van der Waals surface area contributed by atoms with E-state index in [1.165, 1.54) is 6.33 Å². The SMILES string of the molecule is CC(C)CC(=O)N1c2ncnn2[C@H](c2ccc(Cl)cc2)C[C@H]1c1ccccc1. The standard InChI is InChI=1S/C22H23ClN4O/c1-15(2)12-21(28)26-19(16-6-4-3-5-7-16)13-20(27-22(26)24-14-25-27)17-8-10-18(23)11-9-17/h3-11,14-15,19-20H,12-13H2,1-2H3/t19-,20-/m0/s1. The molecule has 1 aliphatic heterocycles. The number of hydrogen-bond donors (Lipinski definition) is 0. The molecule has 2 atom stereocenters. The van der Waals surface area contributed by atoms with Gasteiger partial charge in [0.05, 0.1) is 12.1 Å². The van der Waals surface area contributed by atoms with E-state index in [-0.39, 0.29) is 23.9 Å². The number of benzene rings is 2. The van der Waals surface area contributed by atoms with Crippen LogP contribution in [0.1, 0.15) is 49.9 Å². The van der Waals surface area contributed by atoms with Crippen molar-refractivity contribution < 1.29 is 4.79 Å². The van der Waals surface area contributed by atoms with Gasteiger partial charge in [-0.3, -0.25) is 9.69 Å². The van der Waals surface area contributed by atoms with E-state index in [4.69, 9.17) is 11.6 Å². The molecule has 0 fully saturated rings. The predicted octanol–water partition coefficient (Wildman–Crippen LogP) is 5.05. The minimum absolute atomic E-state index is 0.0110. The van der Waals surface area contributed by atoms with Gasteiger partial charge in [0.25, 0.3) is 0 Å². The van der Waals surface area contributed by atoms with Gasteiger partial charge in [0.15, 0.2) is 0 Å². The number of hydrogen-bond acceptors (Lipinski definition) is 3. The van der Waals surface area contributed by atoms with Crippen LogP contribution in [0.3, 0.4) is 0 Å². The van der Waals surface area contributed by atoms with Crippen molar-refractivity contribution in [1.29, 1.82) is 0 Å². The number of carbonyl (C=O) groups is 1. The van der Waals surface area contributed by atoms with E-state index in [0.29, 0.717) is 17.4 Å². The van der Waals surface area contributed by atoms with Crippen molar-refractivity contribution in [3.05, 3.63) is 77.1 Å². The molecule has 144 valence electrons. The summed E-state index contributed by atoms with van der Waals surface area (Å²) in [6.07, 6.45) is 2.73. The molecule has 0 saturated heterocycles. The Labute approximate surface area is 170 Å². The van der Waals surface area contributed by atoms with Crippen LogP contribution in [0.25, 0.3) is 0 Å². The fourth-order valence-electron chi connectivity index (χ4n) is 3.85. The molecule has 1 aliphatic rings. The van der Waals surface area contributed by atoms with Crippen molar-refractivity contribution >= 4 is 23.5 Å². The molecule has 0 saturated carbocycles. The molecule has 2 aromatic carbocycles. The van der Waals surface area contributed by atoms with Crippen molar-refractivity contribution in [3.8, 4) is 0 Å². The molecular formula is C22H23ClN4O. The van der Waals surface area contributed by atoms with Crippen LogP contribution in [-0.4, -0.2) is 20.7 Å². The summed E-state index contributed by atoms with van der Waals surface area (Å²) in [7, 11) is 0. The Morgan fingerprint density at radius 1 is 1.07 bits per heavy atom. The zero-order valence-electron chi connectivity index (χ0n) is 16.0. The molecule has 6 heteroatoms. The Kier molecular flexibility index (Phi) is 5.18. The summed E-state index contributed by atoms with van der Waals surface area (Å²) >= 11 is 6.08. The molecule has 1 amide bonds. The molecular weight excluding hydrogens is 372 g/mol. The molecule has 0 unspecified atom stereocenters. The number of anilines is 1. The lowest BCUT2D eigenvalue weighted by Gasteiger charge is -2.39. The van der Waals surface area contributed by atoms with E-state index in [0.717, 1.165) is 17.5 Å². The van der Waals surface area contributed by atoms with E-state index in [9.17, 15) is 4.79 Å². The van der Waals surface area contributed by atoms with E-state index in [1.807, 2.05) is 52.0 Å². The molecule has 2 heterocycles. The topological polar surface area (TPSA) is 51.0 Å². The van der Waals surface area contributed by atoms with Crippen LogP contribution in [0.2, 0.25) is 5.02 Å². The third-order valence-corrected chi connectivity index (χ3v) is 5.37. The Hall–Kier alpha value is -2.66. The largest absolute Gasteiger partial charge is 0.274 e. The zero-order valence-corrected chi connectivity index (χ0v) is 16.8. The second kappa shape index (κ2) is 7.76. The second-order valence-corrected chi connectivity index (χ2v) is 8.03. The zero-order chi connectivity index (χ0) is 19.7. The second-order valence-electron chi connectivity index (χ2n) is 7.60. The lowest BCUT2D eigenvalue weighted by atomic mass is 9.91. The highest BCUT2D eigenvalue weighted by Crippen LogP contribution is 2.42. The summed E-state index contributed by atoms with van der Waals surface area (Å²) in [6, 6.07) is 17.9. The fraction of sp³-hybridized carbons (Fsp3) is 0.318. The van der Waals surface area contributed by atoms with Crippen LogP contribution in [0, 0.1) is 5.92 Å². The first-order valence-corrected chi connectivity index (χ1v) is 9.94. The molecule has 0 aliphatic carbocycles. The van der Waals surface area contributed by atoms with Gasteiger partial charge in [-0.15, -0.1) is 0 Å². The molecule has 3 aromatic rings. The van der Waals surface area contributed by atoms with E-state index < -0.39 is 0 Å². The van der Waals surface area contributed by atoms with Crippen LogP contribution < -0.4 is 4.90 Å². The lowest BCUT2D eigenvalue weighted by Crippen LogP contribution is -2.43. The quantitative estimate of drug-likeness (QED) is 0.622. The molecule has 1 aromatic heterocycles. The van der Waals surface area contributed by atoms with Gasteiger partial charge in [-0.25, -0.2) is 4.68 Å². The van der Waals surface area contributed by atoms with Crippen LogP contribution in [0.5, 0.6) is 0 Å². The molecule has 0 N–H and O–H groups in total. The summed E-state index contributed by atoms with van der Waals surface area (Å²) in [6.45, 7) is 4.11. The third-order valence-electron chi connectivity index (χ3n) is 5.11. The highest BCUT2D eigenvalue weighted by Gasteiger charge is 2.39. The first-order chi connectivity index (χ1) is 13.5. The maximum absolute atomic E-state index is 13.2. The highest BCUT2D eigenvalue weighted by atomic mass is 35.5. The van der Waals surface area contributed by atoms with Crippen molar-refractivity contribution in [1.82, 2.24) is 14.8 Å². The number of nitrogens with zero attached hydrogens (tertiary/aromatic N) is 4. The number of fused-ring (bicyclic) bond motifs is 1. The van der Waals surface area contributed by atoms with Gasteiger partial charge in [-0.1, -0.05) is 67.9 Å². The molecule has 0 spiro atoms. The monoisotopic (exact) mass is 394 g/mol. The Morgan fingerprint density at radius 2 is 1.75 bits per heavy atom. The van der Waals surface area contributed by atoms with Crippen LogP contribution in [-0.2, 0) is 4.79 Å². The summed E-state index contributed by atoms with van der Waals surface area (Å²) < 4.78 is 1.86. The number of aromatic nitrogens is 3. The van der Waals surface area contributed by atoms with Gasteiger partial charge >= 0.3 is 0 Å². The fourth-order valence-corrected chi connectivity index (χ4v) is 3.97.